The van der Waals surface area contributed by atoms with Gasteiger partial charge in [0.25, 0.3) is 12.4 Å². The minimum absolute atomic E-state index is 0.242. The lowest BCUT2D eigenvalue weighted by atomic mass is 10.1. The van der Waals surface area contributed by atoms with Gasteiger partial charge in [-0.3, -0.25) is 4.79 Å². The molecule has 0 bridgehead atoms. The van der Waals surface area contributed by atoms with E-state index in [1.807, 2.05) is 0 Å². The Morgan fingerprint density at radius 3 is 2.42 bits per heavy atom. The van der Waals surface area contributed by atoms with Crippen LogP contribution in [0.5, 0.6) is 5.75 Å². The number of halogens is 6. The van der Waals surface area contributed by atoms with Crippen LogP contribution in [0.1, 0.15) is 17.7 Å². The van der Waals surface area contributed by atoms with Gasteiger partial charge in [0, 0.05) is 0 Å². The topological polar surface area (TPSA) is 59.4 Å². The highest BCUT2D eigenvalue weighted by atomic mass is 19.4. The molecule has 0 radical (unpaired) electrons. The van der Waals surface area contributed by atoms with Crippen LogP contribution in [0.4, 0.5) is 26.3 Å². The molecule has 0 fully saturated rings. The highest BCUT2D eigenvalue weighted by molar-refractivity contribution is 5.70. The third-order valence-electron chi connectivity index (χ3n) is 1.83. The molecule has 0 atom stereocenters. The number of hydrogen-bond acceptors (Lipinski definition) is 3. The normalized spacial score (nSPS) is 11.7. The van der Waals surface area contributed by atoms with E-state index >= 15 is 0 Å². The van der Waals surface area contributed by atoms with Crippen LogP contribution < -0.4 is 4.74 Å². The Bertz CT molecular complexity index is 488. The van der Waals surface area contributed by atoms with Gasteiger partial charge in [-0.1, -0.05) is 0 Å². The Hall–Kier alpha value is -2.00. The zero-order valence-corrected chi connectivity index (χ0v) is 8.84. The maximum absolute atomic E-state index is 13.0. The van der Waals surface area contributed by atoms with Crippen LogP contribution in [-0.4, -0.2) is 22.4 Å². The number of carbonyl (C=O) groups is 1. The zero-order chi connectivity index (χ0) is 14.8. The molecule has 0 aliphatic carbocycles. The van der Waals surface area contributed by atoms with Crippen LogP contribution in [0.2, 0.25) is 0 Å². The quantitative estimate of drug-likeness (QED) is 0.684. The molecule has 1 aromatic rings. The minimum atomic E-state index is -5.25. The molecule has 1 heterocycles. The van der Waals surface area contributed by atoms with E-state index in [0.29, 0.717) is 0 Å². The fraction of sp³-hybridized carbons (Fsp3) is 0.333. The van der Waals surface area contributed by atoms with Crippen LogP contribution in [0, 0.1) is 5.95 Å². The third kappa shape index (κ3) is 4.30. The first kappa shape index (κ1) is 15.1. The lowest BCUT2D eigenvalue weighted by molar-refractivity contribution is -0.275. The molecule has 0 saturated heterocycles. The van der Waals surface area contributed by atoms with Gasteiger partial charge in [0.15, 0.2) is 5.75 Å². The molecule has 10 heteroatoms. The first-order chi connectivity index (χ1) is 8.60. The van der Waals surface area contributed by atoms with E-state index < -0.39 is 48.1 Å². The number of aliphatic carboxylic acids is 1. The van der Waals surface area contributed by atoms with Crippen molar-refractivity contribution in [3.63, 3.8) is 0 Å². The van der Waals surface area contributed by atoms with Crippen LogP contribution >= 0.6 is 0 Å². The highest BCUT2D eigenvalue weighted by Crippen LogP contribution is 2.30. The number of rotatable bonds is 4. The van der Waals surface area contributed by atoms with Crippen LogP contribution in [0.15, 0.2) is 6.07 Å². The molecule has 1 rings (SSSR count). The number of aromatic nitrogens is 1. The predicted molar refractivity (Wildman–Crippen MR) is 47.2 cm³/mol. The summed E-state index contributed by atoms with van der Waals surface area (Å²) < 4.78 is 76.8. The van der Waals surface area contributed by atoms with Crippen molar-refractivity contribution < 1.29 is 41.0 Å². The molecule has 1 N–H and O–H groups in total. The van der Waals surface area contributed by atoms with Gasteiger partial charge in [0.2, 0.25) is 0 Å². The number of alkyl halides is 5. The number of carboxylic acids is 1. The molecular weight excluding hydrogens is 284 g/mol. The van der Waals surface area contributed by atoms with E-state index in [1.165, 1.54) is 0 Å². The van der Waals surface area contributed by atoms with Gasteiger partial charge >= 0.3 is 12.3 Å². The maximum atomic E-state index is 13.0. The van der Waals surface area contributed by atoms with Gasteiger partial charge < -0.3 is 9.84 Å². The maximum Gasteiger partial charge on any atom is 0.573 e. The average molecular weight is 289 g/mol. The first-order valence-corrected chi connectivity index (χ1v) is 4.55. The lowest BCUT2D eigenvalue weighted by Gasteiger charge is -2.12. The summed E-state index contributed by atoms with van der Waals surface area (Å²) in [6.45, 7) is 0. The van der Waals surface area contributed by atoms with E-state index in [4.69, 9.17) is 5.11 Å². The van der Waals surface area contributed by atoms with Crippen molar-refractivity contribution in [3.05, 3.63) is 23.3 Å². The third-order valence-corrected chi connectivity index (χ3v) is 1.83. The summed E-state index contributed by atoms with van der Waals surface area (Å²) in [7, 11) is 0. The highest BCUT2D eigenvalue weighted by Gasteiger charge is 2.34. The number of carboxylic acid groups (broad SMARTS) is 1. The Kier molecular flexibility index (Phi) is 4.22. The summed E-state index contributed by atoms with van der Waals surface area (Å²) in [6.07, 6.45) is -9.62. The van der Waals surface area contributed by atoms with Crippen LogP contribution in [0.25, 0.3) is 0 Å². The SMILES string of the molecule is O=C(O)Cc1cc(OC(F)(F)F)c(F)nc1C(F)F. The predicted octanol–water partition coefficient (Wildman–Crippen LogP) is 2.68. The monoisotopic (exact) mass is 289 g/mol. The molecule has 106 valence electrons. The van der Waals surface area contributed by atoms with Gasteiger partial charge in [-0.25, -0.2) is 13.8 Å². The fourth-order valence-corrected chi connectivity index (χ4v) is 1.21. The molecule has 19 heavy (non-hydrogen) atoms. The average Bonchev–Trinajstić information content (AvgIpc) is 2.19. The second kappa shape index (κ2) is 5.33. The van der Waals surface area contributed by atoms with Crippen LogP contribution in [-0.2, 0) is 11.2 Å². The van der Waals surface area contributed by atoms with Crippen LogP contribution in [0.3, 0.4) is 0 Å². The van der Waals surface area contributed by atoms with Gasteiger partial charge in [-0.15, -0.1) is 13.2 Å². The fourth-order valence-electron chi connectivity index (χ4n) is 1.21. The molecule has 0 saturated carbocycles. The number of hydrogen-bond donors (Lipinski definition) is 1. The molecule has 0 amide bonds. The number of nitrogens with zero attached hydrogens (tertiary/aromatic N) is 1. The van der Waals surface area contributed by atoms with Gasteiger partial charge in [-0.2, -0.15) is 4.39 Å². The Morgan fingerprint density at radius 1 is 1.42 bits per heavy atom. The molecule has 0 aromatic carbocycles. The van der Waals surface area contributed by atoms with Crippen molar-refractivity contribution in [1.82, 2.24) is 4.98 Å². The Morgan fingerprint density at radius 2 is 2.00 bits per heavy atom. The van der Waals surface area contributed by atoms with Crippen molar-refractivity contribution in [1.29, 1.82) is 0 Å². The molecule has 4 nitrogen and oxygen atoms in total. The van der Waals surface area contributed by atoms with Crippen molar-refractivity contribution in [3.8, 4) is 5.75 Å². The zero-order valence-electron chi connectivity index (χ0n) is 8.84. The van der Waals surface area contributed by atoms with E-state index in [0.717, 1.165) is 0 Å². The largest absolute Gasteiger partial charge is 0.573 e. The molecular formula is C9H5F6NO3. The van der Waals surface area contributed by atoms with E-state index in [2.05, 4.69) is 9.72 Å². The van der Waals surface area contributed by atoms with Crippen molar-refractivity contribution >= 4 is 5.97 Å². The van der Waals surface area contributed by atoms with E-state index in [1.54, 1.807) is 0 Å². The smallest absolute Gasteiger partial charge is 0.481 e. The second-order valence-corrected chi connectivity index (χ2v) is 3.24. The second-order valence-electron chi connectivity index (χ2n) is 3.24. The van der Waals surface area contributed by atoms with Crippen molar-refractivity contribution in [2.75, 3.05) is 0 Å². The summed E-state index contributed by atoms with van der Waals surface area (Å²) in [5, 5.41) is 8.44. The lowest BCUT2D eigenvalue weighted by Crippen LogP contribution is -2.19. The summed E-state index contributed by atoms with van der Waals surface area (Å²) >= 11 is 0. The molecule has 1 aromatic heterocycles. The summed E-state index contributed by atoms with van der Waals surface area (Å²) in [5.74, 6) is -4.96. The van der Waals surface area contributed by atoms with Crippen molar-refractivity contribution in [2.24, 2.45) is 0 Å². The summed E-state index contributed by atoms with van der Waals surface area (Å²) in [4.78, 5) is 13.0. The van der Waals surface area contributed by atoms with Gasteiger partial charge in [0.1, 0.15) is 5.69 Å². The molecule has 0 aliphatic rings. The minimum Gasteiger partial charge on any atom is -0.481 e. The first-order valence-electron chi connectivity index (χ1n) is 4.55. The number of pyridine rings is 1. The van der Waals surface area contributed by atoms with E-state index in [9.17, 15) is 31.1 Å². The van der Waals surface area contributed by atoms with Gasteiger partial charge in [0.05, 0.1) is 6.42 Å². The molecule has 0 spiro atoms. The van der Waals surface area contributed by atoms with Crippen molar-refractivity contribution in [2.45, 2.75) is 19.2 Å². The summed E-state index contributed by atoms with van der Waals surface area (Å²) in [6, 6.07) is 0.242. The van der Waals surface area contributed by atoms with E-state index in [-0.39, 0.29) is 6.07 Å². The Labute approximate surface area is 101 Å². The van der Waals surface area contributed by atoms with Gasteiger partial charge in [-0.05, 0) is 11.6 Å². The number of ether oxygens (including phenoxy) is 1. The standard InChI is InChI=1S/C9H5F6NO3/c10-7(11)6-3(2-5(17)18)1-4(8(12)16-6)19-9(13,14)15/h1,7H,2H2,(H,17,18). The Balaban J connectivity index is 3.25. The molecule has 0 aliphatic heterocycles. The summed E-state index contributed by atoms with van der Waals surface area (Å²) in [5.41, 5.74) is -2.00. The molecule has 0 unspecified atom stereocenters.